The molecule has 0 radical (unpaired) electrons. The lowest BCUT2D eigenvalue weighted by Gasteiger charge is -2.27. The fourth-order valence-corrected chi connectivity index (χ4v) is 3.21. The number of hydrogen-bond acceptors (Lipinski definition) is 5. The molecule has 0 aromatic heterocycles. The zero-order valence-electron chi connectivity index (χ0n) is 12.2. The summed E-state index contributed by atoms with van der Waals surface area (Å²) in [5, 5.41) is 3.01. The molecule has 0 atom stereocenters. The van der Waals surface area contributed by atoms with Gasteiger partial charge in [0.05, 0.1) is 19.1 Å². The zero-order chi connectivity index (χ0) is 15.1. The van der Waals surface area contributed by atoms with Gasteiger partial charge >= 0.3 is 0 Å². The van der Waals surface area contributed by atoms with E-state index >= 15 is 0 Å². The van der Waals surface area contributed by atoms with Gasteiger partial charge in [-0.1, -0.05) is 43.7 Å². The predicted octanol–water partition coefficient (Wildman–Crippen LogP) is 1.08. The normalized spacial score (nSPS) is 16.1. The monoisotopic (exact) mass is 310 g/mol. The molecular formula is C14H22N4O2S. The van der Waals surface area contributed by atoms with Crippen LogP contribution < -0.4 is 10.0 Å². The molecule has 0 saturated carbocycles. The lowest BCUT2D eigenvalue weighted by molar-refractivity contribution is 0.255. The van der Waals surface area contributed by atoms with E-state index in [4.69, 9.17) is 0 Å². The smallest absolute Gasteiger partial charge is 0.234 e. The molecule has 2 N–H and O–H groups in total. The second-order valence-corrected chi connectivity index (χ2v) is 6.91. The fraction of sp³-hybridized carbons (Fsp3) is 0.500. The van der Waals surface area contributed by atoms with Gasteiger partial charge in [-0.2, -0.15) is 0 Å². The predicted molar refractivity (Wildman–Crippen MR) is 84.1 cm³/mol. The van der Waals surface area contributed by atoms with Crippen LogP contribution in [0.4, 0.5) is 0 Å². The highest BCUT2D eigenvalue weighted by atomic mass is 32.2. The van der Waals surface area contributed by atoms with Gasteiger partial charge in [0.25, 0.3) is 0 Å². The second kappa shape index (κ2) is 7.42. The molecular weight excluding hydrogens is 288 g/mol. The number of rotatable bonds is 6. The van der Waals surface area contributed by atoms with E-state index in [1.807, 2.05) is 25.1 Å². The van der Waals surface area contributed by atoms with Crippen molar-refractivity contribution in [2.24, 2.45) is 4.99 Å². The van der Waals surface area contributed by atoms with Crippen LogP contribution in [0.15, 0.2) is 35.3 Å². The van der Waals surface area contributed by atoms with Crippen LogP contribution in [0.5, 0.6) is 0 Å². The van der Waals surface area contributed by atoms with Crippen molar-refractivity contribution in [1.29, 1.82) is 0 Å². The molecule has 1 aromatic carbocycles. The Bertz CT molecular complexity index is 572. The van der Waals surface area contributed by atoms with E-state index in [-0.39, 0.29) is 5.75 Å². The number of guanidine groups is 1. The zero-order valence-corrected chi connectivity index (χ0v) is 13.1. The highest BCUT2D eigenvalue weighted by Gasteiger charge is 2.17. The van der Waals surface area contributed by atoms with E-state index < -0.39 is 10.0 Å². The van der Waals surface area contributed by atoms with E-state index in [2.05, 4.69) is 32.1 Å². The van der Waals surface area contributed by atoms with Gasteiger partial charge in [0.1, 0.15) is 0 Å². The van der Waals surface area contributed by atoms with Crippen molar-refractivity contribution in [2.75, 3.05) is 19.1 Å². The topological polar surface area (TPSA) is 73.8 Å². The van der Waals surface area contributed by atoms with Crippen molar-refractivity contribution in [1.82, 2.24) is 14.9 Å². The van der Waals surface area contributed by atoms with Crippen LogP contribution in [-0.4, -0.2) is 38.4 Å². The number of aliphatic imine (C=N–C) groups is 1. The van der Waals surface area contributed by atoms with E-state index in [1.165, 1.54) is 5.56 Å². The van der Waals surface area contributed by atoms with Crippen LogP contribution in [-0.2, 0) is 16.6 Å². The van der Waals surface area contributed by atoms with Gasteiger partial charge in [0.15, 0.2) is 0 Å². The third-order valence-corrected chi connectivity index (χ3v) is 4.50. The molecule has 0 spiro atoms. The molecule has 7 heteroatoms. The van der Waals surface area contributed by atoms with Crippen LogP contribution in [0.1, 0.15) is 25.3 Å². The molecule has 0 bridgehead atoms. The number of sulfonamides is 1. The first kappa shape index (κ1) is 15.8. The summed E-state index contributed by atoms with van der Waals surface area (Å²) in [5.41, 5.74) is 1.21. The van der Waals surface area contributed by atoms with Crippen molar-refractivity contribution < 1.29 is 8.42 Å². The van der Waals surface area contributed by atoms with Crippen LogP contribution >= 0.6 is 0 Å². The number of unbranched alkanes of at least 4 members (excludes halogenated alkanes) is 1. The number of hydrogen-bond donors (Lipinski definition) is 2. The first-order valence-electron chi connectivity index (χ1n) is 7.14. The second-order valence-electron chi connectivity index (χ2n) is 5.07. The molecule has 2 rings (SSSR count). The highest BCUT2D eigenvalue weighted by molar-refractivity contribution is 7.90. The Hall–Kier alpha value is -1.60. The van der Waals surface area contributed by atoms with Gasteiger partial charge in [0.2, 0.25) is 16.0 Å². The lowest BCUT2D eigenvalue weighted by Crippen LogP contribution is -2.50. The van der Waals surface area contributed by atoms with Crippen molar-refractivity contribution in [2.45, 2.75) is 26.3 Å². The minimum atomic E-state index is -3.28. The Morgan fingerprint density at radius 1 is 1.33 bits per heavy atom. The molecule has 0 saturated heterocycles. The summed E-state index contributed by atoms with van der Waals surface area (Å²) in [6, 6.07) is 10.1. The largest absolute Gasteiger partial charge is 0.343 e. The summed E-state index contributed by atoms with van der Waals surface area (Å²) in [6.07, 6.45) is 1.51. The minimum Gasteiger partial charge on any atom is -0.343 e. The number of benzene rings is 1. The van der Waals surface area contributed by atoms with Crippen molar-refractivity contribution in [3.05, 3.63) is 35.9 Å². The van der Waals surface area contributed by atoms with E-state index in [1.54, 1.807) is 0 Å². The maximum Gasteiger partial charge on any atom is 0.234 e. The Labute approximate surface area is 126 Å². The summed E-state index contributed by atoms with van der Waals surface area (Å²) in [5.74, 6) is 0.480. The van der Waals surface area contributed by atoms with Crippen LogP contribution in [0.2, 0.25) is 0 Å². The van der Waals surface area contributed by atoms with Gasteiger partial charge in [-0.3, -0.25) is 9.62 Å². The molecule has 21 heavy (non-hydrogen) atoms. The highest BCUT2D eigenvalue weighted by Crippen LogP contribution is 2.05. The quantitative estimate of drug-likeness (QED) is 0.825. The lowest BCUT2D eigenvalue weighted by atomic mass is 10.2. The van der Waals surface area contributed by atoms with Crippen molar-refractivity contribution in [3.8, 4) is 0 Å². The first-order chi connectivity index (χ1) is 10.1. The van der Waals surface area contributed by atoms with Crippen molar-refractivity contribution >= 4 is 16.0 Å². The molecule has 1 aliphatic heterocycles. The maximum atomic E-state index is 11.8. The van der Waals surface area contributed by atoms with Gasteiger partial charge in [-0.25, -0.2) is 13.4 Å². The minimum absolute atomic E-state index is 0.137. The number of nitrogens with zero attached hydrogens (tertiary/aromatic N) is 2. The Balaban J connectivity index is 1.84. The molecule has 0 unspecified atom stereocenters. The van der Waals surface area contributed by atoms with Gasteiger partial charge in [-0.05, 0) is 12.0 Å². The molecule has 0 fully saturated rings. The maximum absolute atomic E-state index is 11.8. The summed E-state index contributed by atoms with van der Waals surface area (Å²) in [4.78, 5) is 6.34. The molecule has 1 heterocycles. The van der Waals surface area contributed by atoms with Gasteiger partial charge in [0, 0.05) is 6.54 Å². The average molecular weight is 310 g/mol. The molecule has 1 aromatic rings. The molecule has 1 aliphatic rings. The first-order valence-corrected chi connectivity index (χ1v) is 8.79. The standard InChI is InChI=1S/C14H22N4O2S/c1-2-3-9-21(19,20)17-14-15-11-18(12-16-14)10-13-7-5-4-6-8-13/h4-8H,2-3,9-12H2,1H3,(H2,15,16,17). The average Bonchev–Trinajstić information content (AvgIpc) is 2.48. The molecule has 0 aliphatic carbocycles. The molecule has 0 amide bonds. The Morgan fingerprint density at radius 2 is 2.10 bits per heavy atom. The van der Waals surface area contributed by atoms with Crippen LogP contribution in [0.25, 0.3) is 0 Å². The Kier molecular flexibility index (Phi) is 5.58. The van der Waals surface area contributed by atoms with Crippen LogP contribution in [0.3, 0.4) is 0 Å². The van der Waals surface area contributed by atoms with Gasteiger partial charge < -0.3 is 5.32 Å². The van der Waals surface area contributed by atoms with E-state index in [9.17, 15) is 8.42 Å². The molecule has 116 valence electrons. The van der Waals surface area contributed by atoms with E-state index in [0.29, 0.717) is 25.7 Å². The fourth-order valence-electron chi connectivity index (χ4n) is 2.01. The third kappa shape index (κ3) is 5.35. The number of nitrogens with one attached hydrogen (secondary N) is 2. The summed E-state index contributed by atoms with van der Waals surface area (Å²) >= 11 is 0. The summed E-state index contributed by atoms with van der Waals surface area (Å²) in [6.45, 7) is 3.80. The summed E-state index contributed by atoms with van der Waals surface area (Å²) < 4.78 is 26.1. The third-order valence-electron chi connectivity index (χ3n) is 3.17. The SMILES string of the molecule is CCCCS(=O)(=O)NC1=NCN(Cc2ccccc2)CN1. The van der Waals surface area contributed by atoms with E-state index in [0.717, 1.165) is 13.0 Å². The van der Waals surface area contributed by atoms with Crippen molar-refractivity contribution in [3.63, 3.8) is 0 Å². The van der Waals surface area contributed by atoms with Crippen LogP contribution in [0, 0.1) is 0 Å². The summed E-state index contributed by atoms with van der Waals surface area (Å²) in [7, 11) is -3.28. The molecule has 6 nitrogen and oxygen atoms in total. The Morgan fingerprint density at radius 3 is 2.71 bits per heavy atom. The van der Waals surface area contributed by atoms with Gasteiger partial charge in [-0.15, -0.1) is 0 Å².